The van der Waals surface area contributed by atoms with Crippen LogP contribution in [0.4, 0.5) is 13.6 Å². The molecule has 1 fully saturated rings. The Bertz CT molecular complexity index is 1120. The van der Waals surface area contributed by atoms with Crippen molar-refractivity contribution in [1.82, 2.24) is 19.7 Å². The van der Waals surface area contributed by atoms with Crippen LogP contribution in [-0.4, -0.2) is 64.5 Å². The molecule has 0 aliphatic carbocycles. The minimum atomic E-state index is -0.358. The number of hydrogen-bond donors (Lipinski definition) is 0. The van der Waals surface area contributed by atoms with Crippen LogP contribution in [0.3, 0.4) is 0 Å². The van der Waals surface area contributed by atoms with Gasteiger partial charge in [0.15, 0.2) is 0 Å². The van der Waals surface area contributed by atoms with E-state index in [1.165, 1.54) is 35.6 Å². The van der Waals surface area contributed by atoms with Crippen LogP contribution in [0.1, 0.15) is 33.5 Å². The highest BCUT2D eigenvalue weighted by molar-refractivity contribution is 7.09. The number of benzene rings is 2. The molecule has 1 saturated heterocycles. The average molecular weight is 515 g/mol. The largest absolute Gasteiger partial charge is 0.450 e. The summed E-state index contributed by atoms with van der Waals surface area (Å²) in [7, 11) is 0. The maximum atomic E-state index is 13.4. The number of aromatic nitrogens is 1. The third-order valence-electron chi connectivity index (χ3n) is 5.86. The van der Waals surface area contributed by atoms with Crippen molar-refractivity contribution in [2.45, 2.75) is 26.6 Å². The predicted molar refractivity (Wildman–Crippen MR) is 132 cm³/mol. The highest BCUT2D eigenvalue weighted by Crippen LogP contribution is 2.19. The smallest absolute Gasteiger partial charge is 0.409 e. The van der Waals surface area contributed by atoms with Crippen LogP contribution in [0.2, 0.25) is 0 Å². The molecule has 0 bridgehead atoms. The summed E-state index contributed by atoms with van der Waals surface area (Å²) in [6.07, 6.45) is -0.358. The molecule has 1 aliphatic rings. The zero-order valence-electron chi connectivity index (χ0n) is 20.0. The Balaban J connectivity index is 1.41. The number of ether oxygens (including phenoxy) is 1. The molecule has 0 radical (unpaired) electrons. The van der Waals surface area contributed by atoms with E-state index in [1.54, 1.807) is 46.4 Å². The third-order valence-corrected chi connectivity index (χ3v) is 6.70. The zero-order chi connectivity index (χ0) is 25.5. The Morgan fingerprint density at radius 1 is 0.889 bits per heavy atom. The van der Waals surface area contributed by atoms with Gasteiger partial charge >= 0.3 is 6.09 Å². The standard InChI is InChI=1S/C26H28F2N4O3S/c1-2-35-26(34)32-13-11-31(12-14-32)25(33)23-18-36-24(29-23)17-30(15-19-3-7-21(27)8-4-19)16-20-5-9-22(28)10-6-20/h3-10,18H,2,11-17H2,1H3. The lowest BCUT2D eigenvalue weighted by atomic mass is 10.1. The van der Waals surface area contributed by atoms with E-state index < -0.39 is 0 Å². The van der Waals surface area contributed by atoms with Crippen molar-refractivity contribution in [1.29, 1.82) is 0 Å². The molecule has 1 aliphatic heterocycles. The molecular weight excluding hydrogens is 486 g/mol. The summed E-state index contributed by atoms with van der Waals surface area (Å²) in [5.74, 6) is -0.755. The number of halogens is 2. The van der Waals surface area contributed by atoms with Gasteiger partial charge in [-0.25, -0.2) is 18.6 Å². The van der Waals surface area contributed by atoms with E-state index in [2.05, 4.69) is 9.88 Å². The first-order chi connectivity index (χ1) is 17.4. The average Bonchev–Trinajstić information content (AvgIpc) is 3.35. The molecule has 0 saturated carbocycles. The molecule has 0 unspecified atom stereocenters. The van der Waals surface area contributed by atoms with Gasteiger partial charge in [-0.3, -0.25) is 9.69 Å². The van der Waals surface area contributed by atoms with Gasteiger partial charge in [0.2, 0.25) is 0 Å². The topological polar surface area (TPSA) is 66.0 Å². The fraction of sp³-hybridized carbons (Fsp3) is 0.346. The molecule has 0 atom stereocenters. The van der Waals surface area contributed by atoms with E-state index >= 15 is 0 Å². The lowest BCUT2D eigenvalue weighted by Crippen LogP contribution is -2.50. The molecule has 2 aromatic carbocycles. The van der Waals surface area contributed by atoms with Crippen molar-refractivity contribution in [2.75, 3.05) is 32.8 Å². The van der Waals surface area contributed by atoms with Gasteiger partial charge in [0.25, 0.3) is 5.91 Å². The number of rotatable bonds is 8. The maximum absolute atomic E-state index is 13.4. The van der Waals surface area contributed by atoms with Crippen LogP contribution in [0.5, 0.6) is 0 Å². The lowest BCUT2D eigenvalue weighted by Gasteiger charge is -2.33. The quantitative estimate of drug-likeness (QED) is 0.442. The highest BCUT2D eigenvalue weighted by atomic mass is 32.1. The second kappa shape index (κ2) is 12.0. The van der Waals surface area contributed by atoms with Gasteiger partial charge in [0.05, 0.1) is 13.2 Å². The molecule has 36 heavy (non-hydrogen) atoms. The Morgan fingerprint density at radius 3 is 1.94 bits per heavy atom. The lowest BCUT2D eigenvalue weighted by molar-refractivity contribution is 0.0566. The number of thiazole rings is 1. The number of carbonyl (C=O) groups is 2. The number of hydrogen-bond acceptors (Lipinski definition) is 6. The fourth-order valence-electron chi connectivity index (χ4n) is 4.01. The fourth-order valence-corrected chi connectivity index (χ4v) is 4.81. The molecule has 3 aromatic rings. The van der Waals surface area contributed by atoms with Crippen LogP contribution in [0, 0.1) is 11.6 Å². The second-order valence-corrected chi connectivity index (χ2v) is 9.45. The Morgan fingerprint density at radius 2 is 1.42 bits per heavy atom. The van der Waals surface area contributed by atoms with E-state index in [4.69, 9.17) is 4.74 Å². The summed E-state index contributed by atoms with van der Waals surface area (Å²) in [6.45, 7) is 5.32. The molecule has 0 spiro atoms. The molecule has 2 heterocycles. The van der Waals surface area contributed by atoms with E-state index in [9.17, 15) is 18.4 Å². The molecule has 2 amide bonds. The molecule has 190 valence electrons. The van der Waals surface area contributed by atoms with Crippen molar-refractivity contribution in [3.05, 3.63) is 87.4 Å². The Kier molecular flexibility index (Phi) is 8.61. The van der Waals surface area contributed by atoms with Crippen molar-refractivity contribution in [2.24, 2.45) is 0 Å². The summed E-state index contributed by atoms with van der Waals surface area (Å²) < 4.78 is 31.8. The SMILES string of the molecule is CCOC(=O)N1CCN(C(=O)c2csc(CN(Cc3ccc(F)cc3)Cc3ccc(F)cc3)n2)CC1. The minimum Gasteiger partial charge on any atom is -0.450 e. The van der Waals surface area contributed by atoms with Crippen LogP contribution < -0.4 is 0 Å². The van der Waals surface area contributed by atoms with E-state index in [1.807, 2.05) is 0 Å². The first kappa shape index (κ1) is 25.7. The first-order valence-corrected chi connectivity index (χ1v) is 12.7. The summed E-state index contributed by atoms with van der Waals surface area (Å²) >= 11 is 1.40. The molecule has 0 N–H and O–H groups in total. The Hall–Kier alpha value is -3.37. The Labute approximate surface area is 212 Å². The maximum Gasteiger partial charge on any atom is 0.409 e. The molecule has 4 rings (SSSR count). The van der Waals surface area contributed by atoms with Crippen molar-refractivity contribution in [3.8, 4) is 0 Å². The molecule has 10 heteroatoms. The molecule has 7 nitrogen and oxygen atoms in total. The van der Waals surface area contributed by atoms with Gasteiger partial charge in [-0.1, -0.05) is 24.3 Å². The summed E-state index contributed by atoms with van der Waals surface area (Å²) in [5, 5.41) is 2.52. The van der Waals surface area contributed by atoms with Crippen molar-refractivity contribution in [3.63, 3.8) is 0 Å². The van der Waals surface area contributed by atoms with Crippen LogP contribution >= 0.6 is 11.3 Å². The van der Waals surface area contributed by atoms with Crippen LogP contribution in [-0.2, 0) is 24.4 Å². The van der Waals surface area contributed by atoms with Gasteiger partial charge < -0.3 is 14.5 Å². The predicted octanol–water partition coefficient (Wildman–Crippen LogP) is 4.54. The van der Waals surface area contributed by atoms with E-state index in [0.717, 1.165) is 16.1 Å². The summed E-state index contributed by atoms with van der Waals surface area (Å²) in [5.41, 5.74) is 2.25. The van der Waals surface area contributed by atoms with E-state index in [-0.39, 0.29) is 23.6 Å². The number of amides is 2. The second-order valence-electron chi connectivity index (χ2n) is 8.50. The highest BCUT2D eigenvalue weighted by Gasteiger charge is 2.27. The normalized spacial score (nSPS) is 13.8. The van der Waals surface area contributed by atoms with Gasteiger partial charge in [0, 0.05) is 44.6 Å². The van der Waals surface area contributed by atoms with Crippen LogP contribution in [0.25, 0.3) is 0 Å². The van der Waals surface area contributed by atoms with Gasteiger partial charge in [0.1, 0.15) is 22.3 Å². The van der Waals surface area contributed by atoms with Crippen molar-refractivity contribution < 1.29 is 23.1 Å². The van der Waals surface area contributed by atoms with Gasteiger partial charge in [-0.2, -0.15) is 0 Å². The van der Waals surface area contributed by atoms with Crippen molar-refractivity contribution >= 4 is 23.3 Å². The first-order valence-electron chi connectivity index (χ1n) is 11.8. The van der Waals surface area contributed by atoms with Gasteiger partial charge in [-0.05, 0) is 42.3 Å². The summed E-state index contributed by atoms with van der Waals surface area (Å²) in [4.78, 5) is 34.9. The molecule has 1 aromatic heterocycles. The minimum absolute atomic E-state index is 0.162. The number of piperazine rings is 1. The van der Waals surface area contributed by atoms with Crippen LogP contribution in [0.15, 0.2) is 53.9 Å². The monoisotopic (exact) mass is 514 g/mol. The third kappa shape index (κ3) is 6.86. The summed E-state index contributed by atoms with van der Waals surface area (Å²) in [6, 6.07) is 12.6. The number of nitrogens with zero attached hydrogens (tertiary/aromatic N) is 4. The van der Waals surface area contributed by atoms with Gasteiger partial charge in [-0.15, -0.1) is 11.3 Å². The number of carbonyl (C=O) groups excluding carboxylic acids is 2. The van der Waals surface area contributed by atoms with E-state index in [0.29, 0.717) is 58.1 Å². The zero-order valence-corrected chi connectivity index (χ0v) is 20.8. The molecular formula is C26H28F2N4O3S.